The minimum absolute atomic E-state index is 0.429. The summed E-state index contributed by atoms with van der Waals surface area (Å²) < 4.78 is 1.38. The molecule has 16 heavy (non-hydrogen) atoms. The standard InChI is InChI=1S/C12H11NOS2/c14-13-7-6-11(8-12(13)15)16-9-10-4-2-1-3-5-10/h1-8,14H,9H2. The van der Waals surface area contributed by atoms with Gasteiger partial charge in [-0.3, -0.25) is 0 Å². The summed E-state index contributed by atoms with van der Waals surface area (Å²) in [6.07, 6.45) is 1.57. The minimum Gasteiger partial charge on any atom is -0.428 e. The van der Waals surface area contributed by atoms with Gasteiger partial charge in [0.25, 0.3) is 0 Å². The van der Waals surface area contributed by atoms with Crippen molar-refractivity contribution in [2.75, 3.05) is 0 Å². The molecule has 1 aromatic heterocycles. The van der Waals surface area contributed by atoms with Gasteiger partial charge in [0.05, 0.1) is 0 Å². The highest BCUT2D eigenvalue weighted by atomic mass is 32.2. The molecule has 0 aliphatic carbocycles. The lowest BCUT2D eigenvalue weighted by atomic mass is 10.2. The minimum atomic E-state index is 0.429. The van der Waals surface area contributed by atoms with E-state index in [1.54, 1.807) is 24.0 Å². The lowest BCUT2D eigenvalue weighted by molar-refractivity contribution is 0.180. The van der Waals surface area contributed by atoms with Crippen LogP contribution < -0.4 is 0 Å². The van der Waals surface area contributed by atoms with Crippen LogP contribution in [-0.2, 0) is 5.75 Å². The van der Waals surface area contributed by atoms with Crippen molar-refractivity contribution in [1.29, 1.82) is 0 Å². The summed E-state index contributed by atoms with van der Waals surface area (Å²) in [7, 11) is 0. The molecule has 0 radical (unpaired) electrons. The van der Waals surface area contributed by atoms with Crippen LogP contribution in [0.25, 0.3) is 0 Å². The van der Waals surface area contributed by atoms with Gasteiger partial charge in [-0.15, -0.1) is 11.8 Å². The molecular formula is C12H11NOS2. The third-order valence-electron chi connectivity index (χ3n) is 2.12. The van der Waals surface area contributed by atoms with E-state index >= 15 is 0 Å². The Morgan fingerprint density at radius 1 is 1.19 bits per heavy atom. The van der Waals surface area contributed by atoms with E-state index in [0.717, 1.165) is 15.4 Å². The maximum Gasteiger partial charge on any atom is 0.143 e. The Morgan fingerprint density at radius 2 is 1.94 bits per heavy atom. The summed E-state index contributed by atoms with van der Waals surface area (Å²) in [6, 6.07) is 13.9. The summed E-state index contributed by atoms with van der Waals surface area (Å²) in [4.78, 5) is 1.07. The number of pyridine rings is 1. The number of thioether (sulfide) groups is 1. The number of aromatic nitrogens is 1. The molecule has 82 valence electrons. The molecule has 0 saturated carbocycles. The van der Waals surface area contributed by atoms with Crippen molar-refractivity contribution < 1.29 is 5.21 Å². The molecule has 4 heteroatoms. The molecule has 0 unspecified atom stereocenters. The Morgan fingerprint density at radius 3 is 2.62 bits per heavy atom. The Labute approximate surface area is 104 Å². The summed E-state index contributed by atoms with van der Waals surface area (Å²) in [5.41, 5.74) is 1.28. The maximum absolute atomic E-state index is 9.23. The normalized spacial score (nSPS) is 10.2. The molecule has 2 rings (SSSR count). The molecule has 2 aromatic rings. The third kappa shape index (κ3) is 2.87. The van der Waals surface area contributed by atoms with E-state index in [1.807, 2.05) is 24.3 Å². The lowest BCUT2D eigenvalue weighted by Crippen LogP contribution is -1.92. The lowest BCUT2D eigenvalue weighted by Gasteiger charge is -2.03. The molecule has 1 N–H and O–H groups in total. The van der Waals surface area contributed by atoms with Crippen molar-refractivity contribution in [3.05, 3.63) is 58.9 Å². The molecule has 0 saturated heterocycles. The number of hydrogen-bond donors (Lipinski definition) is 1. The van der Waals surface area contributed by atoms with Crippen LogP contribution in [0.4, 0.5) is 0 Å². The highest BCUT2D eigenvalue weighted by molar-refractivity contribution is 7.98. The third-order valence-corrected chi connectivity index (χ3v) is 3.49. The second kappa shape index (κ2) is 5.18. The number of benzene rings is 1. The van der Waals surface area contributed by atoms with E-state index in [1.165, 1.54) is 5.56 Å². The zero-order chi connectivity index (χ0) is 11.4. The topological polar surface area (TPSA) is 25.2 Å². The molecule has 1 heterocycles. The molecule has 0 spiro atoms. The average molecular weight is 249 g/mol. The molecule has 0 fully saturated rings. The van der Waals surface area contributed by atoms with Crippen molar-refractivity contribution in [2.24, 2.45) is 0 Å². The van der Waals surface area contributed by atoms with Crippen molar-refractivity contribution in [1.82, 2.24) is 4.73 Å². The average Bonchev–Trinajstić information content (AvgIpc) is 2.32. The molecule has 0 aliphatic heterocycles. The van der Waals surface area contributed by atoms with Crippen LogP contribution in [0.15, 0.2) is 53.6 Å². The van der Waals surface area contributed by atoms with E-state index in [4.69, 9.17) is 12.2 Å². The summed E-state index contributed by atoms with van der Waals surface area (Å²) in [6.45, 7) is 0. The second-order valence-electron chi connectivity index (χ2n) is 3.32. The largest absolute Gasteiger partial charge is 0.428 e. The van der Waals surface area contributed by atoms with E-state index in [2.05, 4.69) is 12.1 Å². The first kappa shape index (κ1) is 11.2. The molecule has 0 aliphatic rings. The van der Waals surface area contributed by atoms with Crippen LogP contribution in [0.3, 0.4) is 0 Å². The highest BCUT2D eigenvalue weighted by Gasteiger charge is 1.97. The molecule has 0 atom stereocenters. The van der Waals surface area contributed by atoms with E-state index < -0.39 is 0 Å². The molecule has 0 amide bonds. The van der Waals surface area contributed by atoms with Crippen LogP contribution in [0, 0.1) is 4.64 Å². The fourth-order valence-corrected chi connectivity index (χ4v) is 2.42. The van der Waals surface area contributed by atoms with Crippen molar-refractivity contribution >= 4 is 24.0 Å². The first-order valence-corrected chi connectivity index (χ1v) is 6.24. The summed E-state index contributed by atoms with van der Waals surface area (Å²) in [5, 5.41) is 9.23. The summed E-state index contributed by atoms with van der Waals surface area (Å²) >= 11 is 6.68. The van der Waals surface area contributed by atoms with Crippen molar-refractivity contribution in [3.63, 3.8) is 0 Å². The first-order chi connectivity index (χ1) is 7.75. The van der Waals surface area contributed by atoms with E-state index in [-0.39, 0.29) is 0 Å². The van der Waals surface area contributed by atoms with Gasteiger partial charge in [0.1, 0.15) is 4.64 Å². The van der Waals surface area contributed by atoms with Crippen LogP contribution in [0.5, 0.6) is 0 Å². The zero-order valence-electron chi connectivity index (χ0n) is 8.54. The van der Waals surface area contributed by atoms with E-state index in [0.29, 0.717) is 4.64 Å². The van der Waals surface area contributed by atoms with Gasteiger partial charge in [-0.1, -0.05) is 42.5 Å². The Kier molecular flexibility index (Phi) is 3.64. The Hall–Kier alpha value is -1.26. The van der Waals surface area contributed by atoms with Gasteiger partial charge in [-0.25, -0.2) is 0 Å². The molecule has 1 aromatic carbocycles. The Bertz CT molecular complexity index is 522. The first-order valence-electron chi connectivity index (χ1n) is 4.84. The van der Waals surface area contributed by atoms with Crippen molar-refractivity contribution in [2.45, 2.75) is 10.6 Å². The van der Waals surface area contributed by atoms with Gasteiger partial charge in [-0.2, -0.15) is 4.73 Å². The molecule has 0 bridgehead atoms. The maximum atomic E-state index is 9.23. The molecular weight excluding hydrogens is 238 g/mol. The van der Waals surface area contributed by atoms with Crippen LogP contribution in [-0.4, -0.2) is 9.94 Å². The number of hydrogen-bond acceptors (Lipinski definition) is 3. The SMILES string of the molecule is On1ccc(SCc2ccccc2)cc1=S. The summed E-state index contributed by atoms with van der Waals surface area (Å²) in [5.74, 6) is 0.908. The van der Waals surface area contributed by atoms with Crippen LogP contribution in [0.1, 0.15) is 5.56 Å². The Balaban J connectivity index is 2.05. The van der Waals surface area contributed by atoms with Crippen LogP contribution >= 0.6 is 24.0 Å². The van der Waals surface area contributed by atoms with Gasteiger partial charge in [0.2, 0.25) is 0 Å². The second-order valence-corrected chi connectivity index (χ2v) is 4.79. The van der Waals surface area contributed by atoms with Gasteiger partial charge in [0, 0.05) is 16.8 Å². The zero-order valence-corrected chi connectivity index (χ0v) is 10.2. The monoisotopic (exact) mass is 249 g/mol. The predicted molar refractivity (Wildman–Crippen MR) is 68.5 cm³/mol. The number of nitrogens with zero attached hydrogens (tertiary/aromatic N) is 1. The van der Waals surface area contributed by atoms with Crippen molar-refractivity contribution in [3.8, 4) is 0 Å². The quantitative estimate of drug-likeness (QED) is 0.509. The van der Waals surface area contributed by atoms with Gasteiger partial charge >= 0.3 is 0 Å². The predicted octanol–water partition coefficient (Wildman–Crippen LogP) is 3.75. The molecule has 2 nitrogen and oxygen atoms in total. The highest BCUT2D eigenvalue weighted by Crippen LogP contribution is 2.22. The number of rotatable bonds is 3. The smallest absolute Gasteiger partial charge is 0.143 e. The fourth-order valence-electron chi connectivity index (χ4n) is 1.28. The van der Waals surface area contributed by atoms with Gasteiger partial charge < -0.3 is 5.21 Å². The van der Waals surface area contributed by atoms with E-state index in [9.17, 15) is 5.21 Å². The van der Waals surface area contributed by atoms with Gasteiger partial charge in [0.15, 0.2) is 0 Å². The van der Waals surface area contributed by atoms with Gasteiger partial charge in [-0.05, 0) is 17.7 Å². The van der Waals surface area contributed by atoms with Crippen LogP contribution in [0.2, 0.25) is 0 Å². The fraction of sp³-hybridized carbons (Fsp3) is 0.0833.